The lowest BCUT2D eigenvalue weighted by Crippen LogP contribution is -2.11. The molecule has 0 atom stereocenters. The third kappa shape index (κ3) is 2.18. The number of nitrogens with two attached hydrogens (primary N) is 1. The second-order valence-electron chi connectivity index (χ2n) is 2.29. The summed E-state index contributed by atoms with van der Waals surface area (Å²) < 4.78 is 5.23. The zero-order chi connectivity index (χ0) is 8.81. The monoisotopic (exact) mass is 167 g/mol. The molecule has 4 nitrogen and oxygen atoms in total. The van der Waals surface area contributed by atoms with Crippen LogP contribution in [0.1, 0.15) is 12.5 Å². The van der Waals surface area contributed by atoms with Crippen LogP contribution in [0, 0.1) is 0 Å². The number of hydrogen-bond donors (Lipinski definition) is 2. The van der Waals surface area contributed by atoms with E-state index in [2.05, 4.69) is 10.4 Å². The van der Waals surface area contributed by atoms with Gasteiger partial charge in [0.05, 0.1) is 6.61 Å². The first-order valence-electron chi connectivity index (χ1n) is 3.86. The van der Waals surface area contributed by atoms with Crippen LogP contribution in [0.5, 0.6) is 0 Å². The predicted molar refractivity (Wildman–Crippen MR) is 47.4 cm³/mol. The molecule has 0 saturated heterocycles. The quantitative estimate of drug-likeness (QED) is 0.516. The average molecular weight is 167 g/mol. The summed E-state index contributed by atoms with van der Waals surface area (Å²) in [7, 11) is 0. The third-order valence-corrected chi connectivity index (χ3v) is 1.49. The molecule has 0 aliphatic carbocycles. The maximum atomic E-state index is 5.25. The van der Waals surface area contributed by atoms with Gasteiger partial charge < -0.3 is 10.2 Å². The SMILES string of the molecule is CCOCc1cccnc1NN. The van der Waals surface area contributed by atoms with Crippen LogP contribution in [0.2, 0.25) is 0 Å². The molecular weight excluding hydrogens is 154 g/mol. The molecule has 1 rings (SSSR count). The van der Waals surface area contributed by atoms with E-state index >= 15 is 0 Å². The summed E-state index contributed by atoms with van der Waals surface area (Å²) >= 11 is 0. The molecule has 1 heterocycles. The Balaban J connectivity index is 2.68. The highest BCUT2D eigenvalue weighted by molar-refractivity contribution is 5.41. The Hall–Kier alpha value is -1.13. The molecule has 0 spiro atoms. The Kier molecular flexibility index (Phi) is 3.50. The molecule has 0 radical (unpaired) electrons. The van der Waals surface area contributed by atoms with E-state index in [1.54, 1.807) is 6.20 Å². The molecule has 1 aromatic heterocycles. The molecule has 4 heteroatoms. The summed E-state index contributed by atoms with van der Waals surface area (Å²) in [5.41, 5.74) is 3.49. The van der Waals surface area contributed by atoms with Gasteiger partial charge in [0.25, 0.3) is 0 Å². The highest BCUT2D eigenvalue weighted by Gasteiger charge is 1.99. The lowest BCUT2D eigenvalue weighted by atomic mass is 10.3. The van der Waals surface area contributed by atoms with Crippen LogP contribution >= 0.6 is 0 Å². The molecule has 0 saturated carbocycles. The third-order valence-electron chi connectivity index (χ3n) is 1.49. The van der Waals surface area contributed by atoms with E-state index in [9.17, 15) is 0 Å². The first-order chi connectivity index (χ1) is 5.88. The standard InChI is InChI=1S/C8H13N3O/c1-2-12-6-7-4-3-5-10-8(7)11-9/h3-5H,2,6,9H2,1H3,(H,10,11). The van der Waals surface area contributed by atoms with Gasteiger partial charge in [0, 0.05) is 18.4 Å². The summed E-state index contributed by atoms with van der Waals surface area (Å²) in [6.45, 7) is 3.19. The number of rotatable bonds is 4. The summed E-state index contributed by atoms with van der Waals surface area (Å²) in [4.78, 5) is 4.03. The first kappa shape index (κ1) is 8.96. The van der Waals surface area contributed by atoms with Gasteiger partial charge in [0.2, 0.25) is 0 Å². The highest BCUT2D eigenvalue weighted by Crippen LogP contribution is 2.10. The Morgan fingerprint density at radius 1 is 1.67 bits per heavy atom. The van der Waals surface area contributed by atoms with Gasteiger partial charge in [-0.2, -0.15) is 0 Å². The Labute approximate surface area is 71.7 Å². The van der Waals surface area contributed by atoms with Crippen LogP contribution < -0.4 is 11.3 Å². The Morgan fingerprint density at radius 3 is 3.17 bits per heavy atom. The molecule has 0 unspecified atom stereocenters. The van der Waals surface area contributed by atoms with Gasteiger partial charge in [-0.1, -0.05) is 6.07 Å². The van der Waals surface area contributed by atoms with Crippen LogP contribution in [0.3, 0.4) is 0 Å². The van der Waals surface area contributed by atoms with Gasteiger partial charge in [-0.05, 0) is 13.0 Å². The van der Waals surface area contributed by atoms with Gasteiger partial charge >= 0.3 is 0 Å². The van der Waals surface area contributed by atoms with Crippen molar-refractivity contribution in [1.82, 2.24) is 4.98 Å². The van der Waals surface area contributed by atoms with Gasteiger partial charge in [0.1, 0.15) is 5.82 Å². The number of nitrogens with zero attached hydrogens (tertiary/aromatic N) is 1. The second kappa shape index (κ2) is 4.69. The van der Waals surface area contributed by atoms with E-state index < -0.39 is 0 Å². The number of hydrazine groups is 1. The Morgan fingerprint density at radius 2 is 2.50 bits per heavy atom. The minimum atomic E-state index is 0.546. The largest absolute Gasteiger partial charge is 0.377 e. The fourth-order valence-electron chi connectivity index (χ4n) is 0.897. The van der Waals surface area contributed by atoms with Crippen LogP contribution in [-0.2, 0) is 11.3 Å². The van der Waals surface area contributed by atoms with E-state index in [4.69, 9.17) is 10.6 Å². The number of pyridine rings is 1. The number of nitrogen functional groups attached to an aromatic ring is 1. The number of anilines is 1. The minimum Gasteiger partial charge on any atom is -0.377 e. The van der Waals surface area contributed by atoms with Crippen LogP contribution in [0.25, 0.3) is 0 Å². The van der Waals surface area contributed by atoms with Crippen molar-refractivity contribution < 1.29 is 4.74 Å². The van der Waals surface area contributed by atoms with Gasteiger partial charge in [-0.3, -0.25) is 0 Å². The van der Waals surface area contributed by atoms with Crippen LogP contribution in [-0.4, -0.2) is 11.6 Å². The normalized spacial score (nSPS) is 9.83. The number of aromatic nitrogens is 1. The zero-order valence-electron chi connectivity index (χ0n) is 7.08. The molecule has 0 aliphatic heterocycles. The van der Waals surface area contributed by atoms with E-state index in [0.29, 0.717) is 19.0 Å². The molecular formula is C8H13N3O. The van der Waals surface area contributed by atoms with Crippen molar-refractivity contribution in [2.45, 2.75) is 13.5 Å². The maximum absolute atomic E-state index is 5.25. The molecule has 0 bridgehead atoms. The van der Waals surface area contributed by atoms with Crippen molar-refractivity contribution in [1.29, 1.82) is 0 Å². The first-order valence-corrected chi connectivity index (χ1v) is 3.86. The van der Waals surface area contributed by atoms with Crippen molar-refractivity contribution >= 4 is 5.82 Å². The molecule has 0 fully saturated rings. The molecule has 0 aliphatic rings. The van der Waals surface area contributed by atoms with Crippen LogP contribution in [0.15, 0.2) is 18.3 Å². The molecule has 1 aromatic rings. The van der Waals surface area contributed by atoms with E-state index in [0.717, 1.165) is 5.56 Å². The summed E-state index contributed by atoms with van der Waals surface area (Å²) in [6, 6.07) is 3.78. The van der Waals surface area contributed by atoms with Gasteiger partial charge in [-0.15, -0.1) is 0 Å². The summed E-state index contributed by atoms with van der Waals surface area (Å²) in [5, 5.41) is 0. The van der Waals surface area contributed by atoms with E-state index in [1.807, 2.05) is 19.1 Å². The number of ether oxygens (including phenoxy) is 1. The second-order valence-corrected chi connectivity index (χ2v) is 2.29. The smallest absolute Gasteiger partial charge is 0.145 e. The fraction of sp³-hybridized carbons (Fsp3) is 0.375. The molecule has 3 N–H and O–H groups in total. The van der Waals surface area contributed by atoms with Crippen molar-refractivity contribution in [3.8, 4) is 0 Å². The van der Waals surface area contributed by atoms with Crippen LogP contribution in [0.4, 0.5) is 5.82 Å². The number of hydrogen-bond acceptors (Lipinski definition) is 4. The summed E-state index contributed by atoms with van der Waals surface area (Å²) in [6.07, 6.45) is 1.69. The van der Waals surface area contributed by atoms with Gasteiger partial charge in [-0.25, -0.2) is 10.8 Å². The molecule has 0 amide bonds. The predicted octanol–water partition coefficient (Wildman–Crippen LogP) is 0.904. The lowest BCUT2D eigenvalue weighted by Gasteiger charge is -2.06. The molecule has 0 aromatic carbocycles. The van der Waals surface area contributed by atoms with E-state index in [-0.39, 0.29) is 0 Å². The minimum absolute atomic E-state index is 0.546. The molecule has 66 valence electrons. The lowest BCUT2D eigenvalue weighted by molar-refractivity contribution is 0.134. The van der Waals surface area contributed by atoms with Gasteiger partial charge in [0.15, 0.2) is 0 Å². The van der Waals surface area contributed by atoms with Crippen molar-refractivity contribution in [3.63, 3.8) is 0 Å². The maximum Gasteiger partial charge on any atom is 0.145 e. The summed E-state index contributed by atoms with van der Waals surface area (Å²) in [5.74, 6) is 5.93. The van der Waals surface area contributed by atoms with E-state index in [1.165, 1.54) is 0 Å². The average Bonchev–Trinajstić information content (AvgIpc) is 2.15. The van der Waals surface area contributed by atoms with Crippen molar-refractivity contribution in [3.05, 3.63) is 23.9 Å². The topological polar surface area (TPSA) is 60.2 Å². The Bertz CT molecular complexity index is 239. The van der Waals surface area contributed by atoms with Crippen molar-refractivity contribution in [2.24, 2.45) is 5.84 Å². The van der Waals surface area contributed by atoms with Crippen molar-refractivity contribution in [2.75, 3.05) is 12.0 Å². The number of nitrogens with one attached hydrogen (secondary N) is 1. The molecule has 12 heavy (non-hydrogen) atoms. The fourth-order valence-corrected chi connectivity index (χ4v) is 0.897. The highest BCUT2D eigenvalue weighted by atomic mass is 16.5. The zero-order valence-corrected chi connectivity index (χ0v) is 7.08.